The van der Waals surface area contributed by atoms with Crippen molar-refractivity contribution in [1.82, 2.24) is 0 Å². The zero-order chi connectivity index (χ0) is 11.4. The number of alkyl halides is 1. The number of methoxy groups -OCH3 is 1. The number of rotatable bonds is 4. The SMILES string of the molecule is COc1ccc(C)cc1C(=O)C(=O)CCl. The van der Waals surface area contributed by atoms with Crippen LogP contribution in [0, 0.1) is 6.92 Å². The Kier molecular flexibility index (Phi) is 3.86. The lowest BCUT2D eigenvalue weighted by molar-refractivity contribution is -0.112. The third-order valence-corrected chi connectivity index (χ3v) is 2.22. The number of hydrogen-bond donors (Lipinski definition) is 0. The molecular formula is C11H11ClO3. The summed E-state index contributed by atoms with van der Waals surface area (Å²) in [5, 5.41) is 0. The molecule has 0 amide bonds. The standard InChI is InChI=1S/C11H11ClO3/c1-7-3-4-10(15-2)8(5-7)11(14)9(13)6-12/h3-5H,6H2,1-2H3. The Balaban J connectivity index is 3.17. The van der Waals surface area contributed by atoms with Gasteiger partial charge in [0.1, 0.15) is 5.75 Å². The van der Waals surface area contributed by atoms with Crippen molar-refractivity contribution in [3.63, 3.8) is 0 Å². The fourth-order valence-electron chi connectivity index (χ4n) is 1.21. The first-order chi connectivity index (χ1) is 7.10. The molecule has 0 heterocycles. The summed E-state index contributed by atoms with van der Waals surface area (Å²) in [6.45, 7) is 1.83. The molecule has 0 atom stereocenters. The predicted octanol–water partition coefficient (Wildman–Crippen LogP) is 1.99. The summed E-state index contributed by atoms with van der Waals surface area (Å²) in [5.74, 6) is -1.15. The number of ether oxygens (including phenoxy) is 1. The van der Waals surface area contributed by atoms with Crippen LogP contribution >= 0.6 is 11.6 Å². The number of carbonyl (C=O) groups is 2. The van der Waals surface area contributed by atoms with Gasteiger partial charge in [-0.15, -0.1) is 11.6 Å². The van der Waals surface area contributed by atoms with E-state index in [1.54, 1.807) is 18.2 Å². The summed E-state index contributed by atoms with van der Waals surface area (Å²) in [5.41, 5.74) is 1.16. The van der Waals surface area contributed by atoms with Gasteiger partial charge in [0.25, 0.3) is 0 Å². The first-order valence-corrected chi connectivity index (χ1v) is 4.91. The van der Waals surface area contributed by atoms with E-state index in [1.165, 1.54) is 7.11 Å². The van der Waals surface area contributed by atoms with E-state index in [0.717, 1.165) is 5.56 Å². The average Bonchev–Trinajstić information content (AvgIpc) is 2.27. The molecule has 15 heavy (non-hydrogen) atoms. The number of ketones is 2. The minimum absolute atomic E-state index is 0.267. The Morgan fingerprint density at radius 1 is 1.40 bits per heavy atom. The molecule has 0 saturated heterocycles. The minimum Gasteiger partial charge on any atom is -0.496 e. The maximum Gasteiger partial charge on any atom is 0.233 e. The highest BCUT2D eigenvalue weighted by atomic mass is 35.5. The van der Waals surface area contributed by atoms with Gasteiger partial charge in [-0.1, -0.05) is 11.6 Å². The molecule has 1 rings (SSSR count). The highest BCUT2D eigenvalue weighted by Gasteiger charge is 2.19. The molecule has 0 aliphatic carbocycles. The molecule has 0 saturated carbocycles. The largest absolute Gasteiger partial charge is 0.496 e. The van der Waals surface area contributed by atoms with E-state index in [9.17, 15) is 9.59 Å². The second kappa shape index (κ2) is 4.94. The molecule has 4 heteroatoms. The van der Waals surface area contributed by atoms with Gasteiger partial charge >= 0.3 is 0 Å². The molecule has 0 fully saturated rings. The molecule has 0 radical (unpaired) electrons. The van der Waals surface area contributed by atoms with Gasteiger partial charge in [0.2, 0.25) is 11.6 Å². The highest BCUT2D eigenvalue weighted by molar-refractivity contribution is 6.51. The quantitative estimate of drug-likeness (QED) is 0.448. The number of benzene rings is 1. The second-order valence-electron chi connectivity index (χ2n) is 3.09. The lowest BCUT2D eigenvalue weighted by atomic mass is 10.0. The zero-order valence-corrected chi connectivity index (χ0v) is 9.30. The van der Waals surface area contributed by atoms with Crippen molar-refractivity contribution < 1.29 is 14.3 Å². The second-order valence-corrected chi connectivity index (χ2v) is 3.36. The molecule has 0 unspecified atom stereocenters. The number of carbonyl (C=O) groups excluding carboxylic acids is 2. The van der Waals surface area contributed by atoms with Gasteiger partial charge in [-0.2, -0.15) is 0 Å². The Labute approximate surface area is 93.0 Å². The number of aryl methyl sites for hydroxylation is 1. The van der Waals surface area contributed by atoms with Crippen molar-refractivity contribution in [2.24, 2.45) is 0 Å². The third kappa shape index (κ3) is 2.57. The van der Waals surface area contributed by atoms with Crippen molar-refractivity contribution in [1.29, 1.82) is 0 Å². The lowest BCUT2D eigenvalue weighted by Crippen LogP contribution is -2.16. The Morgan fingerprint density at radius 2 is 2.07 bits per heavy atom. The normalized spacial score (nSPS) is 9.80. The fourth-order valence-corrected chi connectivity index (χ4v) is 1.33. The van der Waals surface area contributed by atoms with Gasteiger partial charge in [0.05, 0.1) is 18.6 Å². The van der Waals surface area contributed by atoms with Crippen molar-refractivity contribution in [3.05, 3.63) is 29.3 Å². The minimum atomic E-state index is -0.624. The van der Waals surface area contributed by atoms with E-state index in [4.69, 9.17) is 16.3 Å². The van der Waals surface area contributed by atoms with Gasteiger partial charge in [-0.25, -0.2) is 0 Å². The van der Waals surface area contributed by atoms with Crippen LogP contribution in [0.4, 0.5) is 0 Å². The first-order valence-electron chi connectivity index (χ1n) is 4.38. The molecule has 0 bridgehead atoms. The van der Waals surface area contributed by atoms with Crippen LogP contribution in [0.25, 0.3) is 0 Å². The molecule has 0 N–H and O–H groups in total. The van der Waals surface area contributed by atoms with Gasteiger partial charge in [-0.05, 0) is 19.1 Å². The monoisotopic (exact) mass is 226 g/mol. The molecule has 1 aromatic carbocycles. The van der Waals surface area contributed by atoms with Gasteiger partial charge in [0.15, 0.2) is 0 Å². The van der Waals surface area contributed by atoms with E-state index >= 15 is 0 Å². The summed E-state index contributed by atoms with van der Waals surface area (Å²) in [6, 6.07) is 5.08. The molecule has 80 valence electrons. The van der Waals surface area contributed by atoms with Crippen LogP contribution in [0.3, 0.4) is 0 Å². The molecule has 1 aromatic rings. The van der Waals surface area contributed by atoms with Crippen molar-refractivity contribution in [2.45, 2.75) is 6.92 Å². The summed E-state index contributed by atoms with van der Waals surface area (Å²) in [6.07, 6.45) is 0. The molecule has 0 aliphatic heterocycles. The molecule has 0 spiro atoms. The summed E-state index contributed by atoms with van der Waals surface area (Å²) in [4.78, 5) is 22.7. The molecular weight excluding hydrogens is 216 g/mol. The summed E-state index contributed by atoms with van der Waals surface area (Å²) < 4.78 is 5.00. The average molecular weight is 227 g/mol. The van der Waals surface area contributed by atoms with Crippen LogP contribution < -0.4 is 4.74 Å². The first kappa shape index (κ1) is 11.7. The van der Waals surface area contributed by atoms with Crippen molar-refractivity contribution >= 4 is 23.2 Å². The van der Waals surface area contributed by atoms with Gasteiger partial charge in [-0.3, -0.25) is 9.59 Å². The van der Waals surface area contributed by atoms with E-state index < -0.39 is 11.6 Å². The van der Waals surface area contributed by atoms with Gasteiger partial charge in [0, 0.05) is 0 Å². The Hall–Kier alpha value is -1.35. The molecule has 0 aromatic heterocycles. The fraction of sp³-hybridized carbons (Fsp3) is 0.273. The number of hydrogen-bond acceptors (Lipinski definition) is 3. The Bertz CT molecular complexity index is 399. The third-order valence-electron chi connectivity index (χ3n) is 1.97. The Morgan fingerprint density at radius 3 is 2.60 bits per heavy atom. The number of halogens is 1. The van der Waals surface area contributed by atoms with E-state index in [-0.39, 0.29) is 11.4 Å². The highest BCUT2D eigenvalue weighted by Crippen LogP contribution is 2.20. The van der Waals surface area contributed by atoms with E-state index in [2.05, 4.69) is 0 Å². The maximum atomic E-state index is 11.6. The van der Waals surface area contributed by atoms with Crippen LogP contribution in [0.1, 0.15) is 15.9 Å². The molecule has 0 aliphatic rings. The zero-order valence-electron chi connectivity index (χ0n) is 8.54. The van der Waals surface area contributed by atoms with Crippen LogP contribution in [-0.4, -0.2) is 24.6 Å². The predicted molar refractivity (Wildman–Crippen MR) is 57.8 cm³/mol. The maximum absolute atomic E-state index is 11.6. The lowest BCUT2D eigenvalue weighted by Gasteiger charge is -2.06. The molecule has 3 nitrogen and oxygen atoms in total. The van der Waals surface area contributed by atoms with Crippen molar-refractivity contribution in [3.8, 4) is 5.75 Å². The topological polar surface area (TPSA) is 43.4 Å². The van der Waals surface area contributed by atoms with E-state index in [1.807, 2.05) is 6.92 Å². The van der Waals surface area contributed by atoms with Crippen LogP contribution in [0.5, 0.6) is 5.75 Å². The van der Waals surface area contributed by atoms with Crippen LogP contribution in [0.2, 0.25) is 0 Å². The summed E-state index contributed by atoms with van der Waals surface area (Å²) in [7, 11) is 1.45. The van der Waals surface area contributed by atoms with Gasteiger partial charge < -0.3 is 4.74 Å². The van der Waals surface area contributed by atoms with E-state index in [0.29, 0.717) is 5.75 Å². The van der Waals surface area contributed by atoms with Crippen molar-refractivity contribution in [2.75, 3.05) is 13.0 Å². The van der Waals surface area contributed by atoms with Crippen LogP contribution in [-0.2, 0) is 4.79 Å². The van der Waals surface area contributed by atoms with Crippen LogP contribution in [0.15, 0.2) is 18.2 Å². The smallest absolute Gasteiger partial charge is 0.233 e. The summed E-state index contributed by atoms with van der Waals surface area (Å²) >= 11 is 5.32. The number of Topliss-reactive ketones (excluding diaryl/α,β-unsaturated/α-hetero) is 2.